The molecule has 3 aliphatic heterocycles. The molecule has 0 saturated carbocycles. The van der Waals surface area contributed by atoms with Crippen LogP contribution >= 0.6 is 12.6 Å². The fraction of sp³-hybridized carbons (Fsp3) is 0.440. The van der Waals surface area contributed by atoms with Crippen LogP contribution in [0.2, 0.25) is 0 Å². The normalized spacial score (nSPS) is 26.8. The van der Waals surface area contributed by atoms with E-state index in [1.165, 1.54) is 27.8 Å². The van der Waals surface area contributed by atoms with Gasteiger partial charge in [-0.2, -0.15) is 12.6 Å². The number of rotatable bonds is 4. The lowest BCUT2D eigenvalue weighted by atomic mass is 9.96. The molecule has 0 radical (unpaired) electrons. The molecule has 5 rings (SSSR count). The molecule has 7 heteroatoms. The number of aryl methyl sites for hydroxylation is 1. The zero-order valence-electron chi connectivity index (χ0n) is 18.4. The van der Waals surface area contributed by atoms with Crippen LogP contribution in [-0.4, -0.2) is 47.3 Å². The summed E-state index contributed by atoms with van der Waals surface area (Å²) >= 11 is 4.88. The van der Waals surface area contributed by atoms with E-state index in [0.29, 0.717) is 25.4 Å². The van der Waals surface area contributed by atoms with Crippen molar-refractivity contribution in [1.82, 2.24) is 20.4 Å². The second-order valence-electron chi connectivity index (χ2n) is 9.04. The van der Waals surface area contributed by atoms with Crippen molar-refractivity contribution in [2.24, 2.45) is 0 Å². The van der Waals surface area contributed by atoms with Crippen molar-refractivity contribution in [2.75, 3.05) is 19.6 Å². The number of nitrogens with zero attached hydrogens (tertiary/aromatic N) is 2. The summed E-state index contributed by atoms with van der Waals surface area (Å²) in [7, 11) is 0. The number of piperidine rings is 1. The summed E-state index contributed by atoms with van der Waals surface area (Å²) in [6.45, 7) is 6.66. The summed E-state index contributed by atoms with van der Waals surface area (Å²) in [4.78, 5) is 28.8. The minimum atomic E-state index is -0.311. The average molecular weight is 451 g/mol. The van der Waals surface area contributed by atoms with Gasteiger partial charge in [-0.25, -0.2) is 0 Å². The summed E-state index contributed by atoms with van der Waals surface area (Å²) < 4.78 is 0. The third-order valence-electron chi connectivity index (χ3n) is 7.13. The molecule has 6 nitrogen and oxygen atoms in total. The molecule has 0 spiro atoms. The van der Waals surface area contributed by atoms with E-state index in [9.17, 15) is 9.59 Å². The molecule has 2 N–H and O–H groups in total. The number of benzene rings is 2. The van der Waals surface area contributed by atoms with E-state index in [1.54, 1.807) is 0 Å². The number of hydrogen-bond donors (Lipinski definition) is 3. The highest BCUT2D eigenvalue weighted by Crippen LogP contribution is 2.41. The number of hydrogen-bond acceptors (Lipinski definition) is 6. The van der Waals surface area contributed by atoms with Gasteiger partial charge in [-0.1, -0.05) is 42.5 Å². The van der Waals surface area contributed by atoms with E-state index in [4.69, 9.17) is 12.6 Å². The van der Waals surface area contributed by atoms with Crippen LogP contribution in [0, 0.1) is 6.92 Å². The van der Waals surface area contributed by atoms with Crippen molar-refractivity contribution >= 4 is 24.4 Å². The van der Waals surface area contributed by atoms with E-state index in [-0.39, 0.29) is 23.2 Å². The van der Waals surface area contributed by atoms with Gasteiger partial charge in [-0.05, 0) is 41.2 Å². The van der Waals surface area contributed by atoms with Crippen LogP contribution in [0.1, 0.15) is 52.1 Å². The van der Waals surface area contributed by atoms with Crippen molar-refractivity contribution in [3.05, 3.63) is 70.3 Å². The number of imide groups is 1. The standard InChI is InChI=1S/C25H30N4O2S/c1-16-5-2-3-7-18(16)22-13-26-11-12-28(22)14-17-6-4-8-19-20(17)15-29(25(19)32)21-9-10-23(30)27-24(21)31/h2-8,21-22,25-26,32H,9-15H2,1H3,(H,27,30,31). The fourth-order valence-electron chi connectivity index (χ4n) is 5.39. The van der Waals surface area contributed by atoms with Crippen LogP contribution in [-0.2, 0) is 22.7 Å². The highest BCUT2D eigenvalue weighted by molar-refractivity contribution is 7.80. The molecule has 2 saturated heterocycles. The molecule has 32 heavy (non-hydrogen) atoms. The van der Waals surface area contributed by atoms with Crippen molar-refractivity contribution in [3.63, 3.8) is 0 Å². The molecule has 168 valence electrons. The quantitative estimate of drug-likeness (QED) is 0.494. The third-order valence-corrected chi connectivity index (χ3v) is 7.70. The van der Waals surface area contributed by atoms with Gasteiger partial charge in [0.25, 0.3) is 0 Å². The Balaban J connectivity index is 1.40. The first kappa shape index (κ1) is 21.6. The zero-order valence-corrected chi connectivity index (χ0v) is 19.3. The number of amides is 2. The van der Waals surface area contributed by atoms with Gasteiger partial charge in [0.15, 0.2) is 0 Å². The molecule has 0 bridgehead atoms. The van der Waals surface area contributed by atoms with Gasteiger partial charge in [0.2, 0.25) is 11.8 Å². The zero-order chi connectivity index (χ0) is 22.2. The lowest BCUT2D eigenvalue weighted by Crippen LogP contribution is -2.51. The van der Waals surface area contributed by atoms with Crippen molar-refractivity contribution in [3.8, 4) is 0 Å². The van der Waals surface area contributed by atoms with Crippen LogP contribution in [0.15, 0.2) is 42.5 Å². The molecular weight excluding hydrogens is 420 g/mol. The molecule has 2 aromatic carbocycles. The third kappa shape index (κ3) is 3.99. The Morgan fingerprint density at radius 1 is 1.06 bits per heavy atom. The van der Waals surface area contributed by atoms with Crippen LogP contribution in [0.25, 0.3) is 0 Å². The van der Waals surface area contributed by atoms with Crippen LogP contribution in [0.4, 0.5) is 0 Å². The Morgan fingerprint density at radius 2 is 1.88 bits per heavy atom. The van der Waals surface area contributed by atoms with Crippen molar-refractivity contribution in [1.29, 1.82) is 0 Å². The fourth-order valence-corrected chi connectivity index (χ4v) is 5.87. The Morgan fingerprint density at radius 3 is 2.69 bits per heavy atom. The van der Waals surface area contributed by atoms with Gasteiger partial charge in [0.05, 0.1) is 11.4 Å². The van der Waals surface area contributed by atoms with Gasteiger partial charge >= 0.3 is 0 Å². The number of piperazine rings is 1. The Hall–Kier alpha value is -2.19. The van der Waals surface area contributed by atoms with E-state index < -0.39 is 0 Å². The number of nitrogens with one attached hydrogen (secondary N) is 2. The number of thiol groups is 1. The highest BCUT2D eigenvalue weighted by atomic mass is 32.1. The summed E-state index contributed by atoms with van der Waals surface area (Å²) in [6.07, 6.45) is 0.938. The Bertz CT molecular complexity index is 1040. The number of carbonyl (C=O) groups excluding carboxylic acids is 2. The minimum Gasteiger partial charge on any atom is -0.314 e. The summed E-state index contributed by atoms with van der Waals surface area (Å²) in [5.74, 6) is -0.378. The van der Waals surface area contributed by atoms with Gasteiger partial charge in [-0.15, -0.1) is 0 Å². The molecule has 2 aromatic rings. The molecule has 0 aromatic heterocycles. The molecule has 3 aliphatic rings. The van der Waals surface area contributed by atoms with Crippen molar-refractivity contribution < 1.29 is 9.59 Å². The van der Waals surface area contributed by atoms with E-state index in [2.05, 4.69) is 69.8 Å². The van der Waals surface area contributed by atoms with E-state index in [1.807, 2.05) is 0 Å². The van der Waals surface area contributed by atoms with Crippen LogP contribution in [0.5, 0.6) is 0 Å². The lowest BCUT2D eigenvalue weighted by molar-refractivity contribution is -0.137. The Labute approximate surface area is 194 Å². The van der Waals surface area contributed by atoms with E-state index >= 15 is 0 Å². The molecule has 3 heterocycles. The topological polar surface area (TPSA) is 64.7 Å². The van der Waals surface area contributed by atoms with E-state index in [0.717, 1.165) is 26.2 Å². The first-order valence-corrected chi connectivity index (χ1v) is 11.9. The number of fused-ring (bicyclic) bond motifs is 1. The largest absolute Gasteiger partial charge is 0.314 e. The van der Waals surface area contributed by atoms with Crippen LogP contribution < -0.4 is 10.6 Å². The molecule has 3 unspecified atom stereocenters. The second kappa shape index (κ2) is 8.98. The smallest absolute Gasteiger partial charge is 0.243 e. The predicted octanol–water partition coefficient (Wildman–Crippen LogP) is 2.69. The minimum absolute atomic E-state index is 0.135. The Kier molecular flexibility index (Phi) is 6.07. The van der Waals surface area contributed by atoms with Gasteiger partial charge in [0, 0.05) is 45.2 Å². The summed E-state index contributed by atoms with van der Waals surface area (Å²) in [6, 6.07) is 15.1. The highest BCUT2D eigenvalue weighted by Gasteiger charge is 2.40. The monoisotopic (exact) mass is 450 g/mol. The summed E-state index contributed by atoms with van der Waals surface area (Å²) in [5.41, 5.74) is 6.46. The maximum absolute atomic E-state index is 12.5. The first-order valence-electron chi connectivity index (χ1n) is 11.4. The average Bonchev–Trinajstić information content (AvgIpc) is 3.12. The van der Waals surface area contributed by atoms with Gasteiger partial charge < -0.3 is 5.32 Å². The van der Waals surface area contributed by atoms with Gasteiger partial charge in [0.1, 0.15) is 0 Å². The van der Waals surface area contributed by atoms with Crippen LogP contribution in [0.3, 0.4) is 0 Å². The lowest BCUT2D eigenvalue weighted by Gasteiger charge is -2.37. The summed E-state index contributed by atoms with van der Waals surface area (Å²) in [5, 5.41) is 5.92. The maximum atomic E-state index is 12.5. The molecular formula is C25H30N4O2S. The SMILES string of the molecule is Cc1ccccc1C1CNCCN1Cc1cccc2c1CN(C1CCC(=O)NC1=O)C2S. The second-order valence-corrected chi connectivity index (χ2v) is 9.53. The number of carbonyl (C=O) groups is 2. The predicted molar refractivity (Wildman–Crippen MR) is 127 cm³/mol. The molecule has 2 amide bonds. The molecule has 2 fully saturated rings. The first-order chi connectivity index (χ1) is 15.5. The van der Waals surface area contributed by atoms with Crippen molar-refractivity contribution in [2.45, 2.75) is 50.3 Å². The maximum Gasteiger partial charge on any atom is 0.243 e. The molecule has 0 aliphatic carbocycles. The van der Waals surface area contributed by atoms with Gasteiger partial charge in [-0.3, -0.25) is 24.7 Å². The molecule has 3 atom stereocenters.